The zero-order valence-electron chi connectivity index (χ0n) is 11.7. The Bertz CT molecular complexity index is 796. The number of furan rings is 1. The van der Waals surface area contributed by atoms with Crippen LogP contribution in [-0.2, 0) is 4.74 Å². The number of hydrogen-bond donors (Lipinski definition) is 0. The van der Waals surface area contributed by atoms with Gasteiger partial charge in [-0.3, -0.25) is 0 Å². The molecule has 0 saturated carbocycles. The fraction of sp³-hybridized carbons (Fsp3) is 0.133. The van der Waals surface area contributed by atoms with Crippen molar-refractivity contribution < 1.29 is 13.9 Å². The van der Waals surface area contributed by atoms with Gasteiger partial charge in [-0.2, -0.15) is 5.10 Å². The average Bonchev–Trinajstić information content (AvgIpc) is 3.17. The maximum absolute atomic E-state index is 11.9. The van der Waals surface area contributed by atoms with E-state index in [1.54, 1.807) is 43.5 Å². The van der Waals surface area contributed by atoms with Gasteiger partial charge in [0, 0.05) is 12.3 Å². The molecule has 0 bridgehead atoms. The number of hydrogen-bond acceptors (Lipinski definition) is 5. The number of halogens is 1. The van der Waals surface area contributed by atoms with Gasteiger partial charge in [0.15, 0.2) is 17.3 Å². The summed E-state index contributed by atoms with van der Waals surface area (Å²) in [6, 6.07) is 8.51. The molecule has 3 aromatic heterocycles. The van der Waals surface area contributed by atoms with E-state index in [1.165, 1.54) is 10.9 Å². The Balaban J connectivity index is 2.15. The molecule has 7 heteroatoms. The number of carbonyl (C=O) groups is 1. The smallest absolute Gasteiger partial charge is 0.358 e. The lowest BCUT2D eigenvalue weighted by Crippen LogP contribution is -2.07. The molecule has 0 radical (unpaired) electrons. The highest BCUT2D eigenvalue weighted by Gasteiger charge is 2.20. The summed E-state index contributed by atoms with van der Waals surface area (Å²) in [7, 11) is 0. The van der Waals surface area contributed by atoms with Crippen molar-refractivity contribution in [1.82, 2.24) is 14.8 Å². The topological polar surface area (TPSA) is 70.2 Å². The van der Waals surface area contributed by atoms with Gasteiger partial charge in [-0.05, 0) is 31.2 Å². The summed E-state index contributed by atoms with van der Waals surface area (Å²) in [6.07, 6.45) is 3.13. The predicted molar refractivity (Wildman–Crippen MR) is 80.0 cm³/mol. The minimum absolute atomic E-state index is 0.162. The van der Waals surface area contributed by atoms with Crippen LogP contribution in [0.2, 0.25) is 5.02 Å². The molecule has 3 rings (SSSR count). The molecule has 0 saturated heterocycles. The van der Waals surface area contributed by atoms with Gasteiger partial charge in [0.05, 0.1) is 17.9 Å². The van der Waals surface area contributed by atoms with Crippen LogP contribution in [0.1, 0.15) is 17.4 Å². The summed E-state index contributed by atoms with van der Waals surface area (Å²) < 4.78 is 11.8. The van der Waals surface area contributed by atoms with Gasteiger partial charge in [-0.15, -0.1) is 0 Å². The summed E-state index contributed by atoms with van der Waals surface area (Å²) in [5, 5.41) is 4.66. The molecule has 0 unspecified atom stereocenters. The van der Waals surface area contributed by atoms with E-state index in [9.17, 15) is 4.79 Å². The van der Waals surface area contributed by atoms with Crippen molar-refractivity contribution in [2.24, 2.45) is 0 Å². The Labute approximate surface area is 131 Å². The van der Waals surface area contributed by atoms with E-state index in [1.807, 2.05) is 0 Å². The van der Waals surface area contributed by atoms with E-state index < -0.39 is 5.97 Å². The Hall–Kier alpha value is -2.60. The van der Waals surface area contributed by atoms with E-state index in [0.29, 0.717) is 22.3 Å². The third kappa shape index (κ3) is 2.60. The van der Waals surface area contributed by atoms with Crippen molar-refractivity contribution in [2.75, 3.05) is 6.61 Å². The molecule has 0 aliphatic rings. The van der Waals surface area contributed by atoms with Crippen molar-refractivity contribution in [3.8, 4) is 17.3 Å². The van der Waals surface area contributed by atoms with Crippen LogP contribution in [0, 0.1) is 0 Å². The average molecular weight is 318 g/mol. The number of carbonyl (C=O) groups excluding carboxylic acids is 1. The Kier molecular flexibility index (Phi) is 3.93. The third-order valence-electron chi connectivity index (χ3n) is 2.91. The molecule has 112 valence electrons. The van der Waals surface area contributed by atoms with Gasteiger partial charge >= 0.3 is 5.97 Å². The molecule has 0 aliphatic heterocycles. The Morgan fingerprint density at radius 2 is 2.27 bits per heavy atom. The first kappa shape index (κ1) is 14.3. The second-order valence-corrected chi connectivity index (χ2v) is 4.74. The number of pyridine rings is 1. The second kappa shape index (κ2) is 6.03. The van der Waals surface area contributed by atoms with Gasteiger partial charge in [0.25, 0.3) is 0 Å². The van der Waals surface area contributed by atoms with Gasteiger partial charge in [0.2, 0.25) is 0 Å². The number of ether oxygens (including phenoxy) is 1. The van der Waals surface area contributed by atoms with Crippen molar-refractivity contribution in [1.29, 1.82) is 0 Å². The molecular formula is C15H12ClN3O3. The zero-order chi connectivity index (χ0) is 15.5. The number of rotatable bonds is 4. The van der Waals surface area contributed by atoms with E-state index in [4.69, 9.17) is 20.8 Å². The van der Waals surface area contributed by atoms with Crippen LogP contribution >= 0.6 is 11.6 Å². The molecule has 0 fully saturated rings. The molecule has 22 heavy (non-hydrogen) atoms. The van der Waals surface area contributed by atoms with Gasteiger partial charge < -0.3 is 9.15 Å². The minimum atomic E-state index is -0.513. The molecule has 3 aromatic rings. The zero-order valence-corrected chi connectivity index (χ0v) is 12.4. The SMILES string of the molecule is CCOC(=O)c1cc(-c2ccco2)n(-c2ncccc2Cl)n1. The lowest BCUT2D eigenvalue weighted by atomic mass is 10.3. The van der Waals surface area contributed by atoms with E-state index in [-0.39, 0.29) is 12.3 Å². The first-order valence-corrected chi connectivity index (χ1v) is 7.00. The summed E-state index contributed by atoms with van der Waals surface area (Å²) in [5.41, 5.74) is 0.726. The van der Waals surface area contributed by atoms with Crippen LogP contribution < -0.4 is 0 Å². The molecule has 6 nitrogen and oxygen atoms in total. The highest BCUT2D eigenvalue weighted by molar-refractivity contribution is 6.32. The maximum Gasteiger partial charge on any atom is 0.358 e. The maximum atomic E-state index is 11.9. The fourth-order valence-corrected chi connectivity index (χ4v) is 2.18. The van der Waals surface area contributed by atoms with Crippen LogP contribution in [0.5, 0.6) is 0 Å². The molecular weight excluding hydrogens is 306 g/mol. The lowest BCUT2D eigenvalue weighted by Gasteiger charge is -2.05. The van der Waals surface area contributed by atoms with Crippen molar-refractivity contribution in [3.63, 3.8) is 0 Å². The van der Waals surface area contributed by atoms with Crippen LogP contribution in [0.3, 0.4) is 0 Å². The molecule has 0 N–H and O–H groups in total. The van der Waals surface area contributed by atoms with Crippen molar-refractivity contribution in [3.05, 3.63) is 53.5 Å². The third-order valence-corrected chi connectivity index (χ3v) is 3.20. The standard InChI is InChI=1S/C15H12ClN3O3/c1-2-21-15(20)11-9-12(13-6-4-8-22-13)19(18-11)14-10(16)5-3-7-17-14/h3-9H,2H2,1H3. The largest absolute Gasteiger partial charge is 0.463 e. The monoisotopic (exact) mass is 317 g/mol. The van der Waals surface area contributed by atoms with E-state index in [0.717, 1.165) is 0 Å². The first-order chi connectivity index (χ1) is 10.7. The molecule has 0 aromatic carbocycles. The Morgan fingerprint density at radius 3 is 2.95 bits per heavy atom. The minimum Gasteiger partial charge on any atom is -0.463 e. The molecule has 0 amide bonds. The molecule has 0 aliphatic carbocycles. The summed E-state index contributed by atoms with van der Waals surface area (Å²) in [5.74, 6) is 0.442. The highest BCUT2D eigenvalue weighted by Crippen LogP contribution is 2.27. The van der Waals surface area contributed by atoms with Crippen molar-refractivity contribution in [2.45, 2.75) is 6.92 Å². The lowest BCUT2D eigenvalue weighted by molar-refractivity contribution is 0.0519. The van der Waals surface area contributed by atoms with Crippen molar-refractivity contribution >= 4 is 17.6 Å². The summed E-state index contributed by atoms with van der Waals surface area (Å²) in [6.45, 7) is 2.00. The van der Waals surface area contributed by atoms with Crippen LogP contribution in [0.4, 0.5) is 0 Å². The summed E-state index contributed by atoms with van der Waals surface area (Å²) in [4.78, 5) is 16.1. The van der Waals surface area contributed by atoms with Gasteiger partial charge in [-0.1, -0.05) is 11.6 Å². The first-order valence-electron chi connectivity index (χ1n) is 6.62. The molecule has 3 heterocycles. The van der Waals surface area contributed by atoms with Gasteiger partial charge in [0.1, 0.15) is 5.69 Å². The normalized spacial score (nSPS) is 10.6. The van der Waals surface area contributed by atoms with Gasteiger partial charge in [-0.25, -0.2) is 14.5 Å². The number of aromatic nitrogens is 3. The molecule has 0 spiro atoms. The number of nitrogens with zero attached hydrogens (tertiary/aromatic N) is 3. The Morgan fingerprint density at radius 1 is 1.41 bits per heavy atom. The summed E-state index contributed by atoms with van der Waals surface area (Å²) >= 11 is 6.17. The second-order valence-electron chi connectivity index (χ2n) is 4.33. The van der Waals surface area contributed by atoms with Crippen LogP contribution in [0.25, 0.3) is 17.3 Å². The van der Waals surface area contributed by atoms with Crippen LogP contribution in [-0.4, -0.2) is 27.3 Å². The number of esters is 1. The highest BCUT2D eigenvalue weighted by atomic mass is 35.5. The van der Waals surface area contributed by atoms with E-state index in [2.05, 4.69) is 10.1 Å². The van der Waals surface area contributed by atoms with E-state index >= 15 is 0 Å². The van der Waals surface area contributed by atoms with Crippen LogP contribution in [0.15, 0.2) is 47.2 Å². The molecule has 0 atom stereocenters. The quantitative estimate of drug-likeness (QED) is 0.690. The predicted octanol–water partition coefficient (Wildman–Crippen LogP) is 3.36. The fourth-order valence-electron chi connectivity index (χ4n) is 1.98.